The van der Waals surface area contributed by atoms with Crippen molar-refractivity contribution in [1.29, 1.82) is 0 Å². The van der Waals surface area contributed by atoms with Crippen LogP contribution in [-0.2, 0) is 14.3 Å². The van der Waals surface area contributed by atoms with E-state index in [9.17, 15) is 14.4 Å². The zero-order chi connectivity index (χ0) is 20.8. The van der Waals surface area contributed by atoms with Gasteiger partial charge in [-0.25, -0.2) is 14.4 Å². The lowest BCUT2D eigenvalue weighted by atomic mass is 9.99. The van der Waals surface area contributed by atoms with Gasteiger partial charge in [0.1, 0.15) is 18.3 Å². The lowest BCUT2D eigenvalue weighted by molar-refractivity contribution is -0.899. The number of hydrogen-bond acceptors (Lipinski definition) is 6. The van der Waals surface area contributed by atoms with Gasteiger partial charge in [0.05, 0.1) is 56.9 Å². The highest BCUT2D eigenvalue weighted by Gasteiger charge is 2.37. The van der Waals surface area contributed by atoms with Gasteiger partial charge in [-0.3, -0.25) is 4.90 Å². The van der Waals surface area contributed by atoms with Gasteiger partial charge in [-0.2, -0.15) is 0 Å². The van der Waals surface area contributed by atoms with Crippen molar-refractivity contribution in [2.75, 3.05) is 45.9 Å². The van der Waals surface area contributed by atoms with E-state index in [0.717, 1.165) is 4.90 Å². The molecule has 2 aliphatic rings. The Morgan fingerprint density at radius 3 is 2.59 bits per heavy atom. The lowest BCUT2D eigenvalue weighted by Gasteiger charge is -2.34. The van der Waals surface area contributed by atoms with E-state index < -0.39 is 18.0 Å². The van der Waals surface area contributed by atoms with Crippen molar-refractivity contribution in [1.82, 2.24) is 15.5 Å². The van der Waals surface area contributed by atoms with Gasteiger partial charge in [-0.05, 0) is 26.0 Å². The highest BCUT2D eigenvalue weighted by molar-refractivity contribution is 5.95. The molecule has 3 heterocycles. The number of furan rings is 1. The number of rotatable bonds is 6. The fourth-order valence-corrected chi connectivity index (χ4v) is 3.52. The summed E-state index contributed by atoms with van der Waals surface area (Å²) in [6, 6.07) is 2.29. The Balaban J connectivity index is 1.78. The van der Waals surface area contributed by atoms with Crippen molar-refractivity contribution in [3.63, 3.8) is 0 Å². The van der Waals surface area contributed by atoms with E-state index in [-0.39, 0.29) is 12.7 Å². The lowest BCUT2D eigenvalue weighted by Crippen LogP contribution is -3.15. The second-order valence-corrected chi connectivity index (χ2v) is 6.77. The van der Waals surface area contributed by atoms with E-state index in [2.05, 4.69) is 10.6 Å². The predicted octanol–water partition coefficient (Wildman–Crippen LogP) is -0.192. The molecule has 1 fully saturated rings. The zero-order valence-electron chi connectivity index (χ0n) is 16.7. The first kappa shape index (κ1) is 20.7. The minimum Gasteiger partial charge on any atom is -0.467 e. The standard InChI is InChI=1S/C19H26N4O6/c1-3-27-17(24)15-13(20-18(25)21-16(15)14-6-5-11-29-14)12-22-7-9-23(10-8-22)19(26)28-4-2/h5-6,11,16H,3-4,7-10,12H2,1-2H3,(H2,20,21,25)/p+1/t16-/m0/s1. The molecule has 3 N–H and O–H groups in total. The molecule has 10 heteroatoms. The van der Waals surface area contributed by atoms with Crippen molar-refractivity contribution < 1.29 is 33.2 Å². The highest BCUT2D eigenvalue weighted by Crippen LogP contribution is 2.27. The molecule has 0 spiro atoms. The van der Waals surface area contributed by atoms with Gasteiger partial charge >= 0.3 is 18.1 Å². The van der Waals surface area contributed by atoms with Gasteiger partial charge in [0.2, 0.25) is 0 Å². The third-order valence-electron chi connectivity index (χ3n) is 4.90. The predicted molar refractivity (Wildman–Crippen MR) is 101 cm³/mol. The summed E-state index contributed by atoms with van der Waals surface area (Å²) in [7, 11) is 0. The number of piperazine rings is 1. The average Bonchev–Trinajstić information content (AvgIpc) is 3.23. The van der Waals surface area contributed by atoms with Gasteiger partial charge in [0.25, 0.3) is 0 Å². The van der Waals surface area contributed by atoms with Crippen LogP contribution in [0.4, 0.5) is 9.59 Å². The smallest absolute Gasteiger partial charge is 0.410 e. The van der Waals surface area contributed by atoms with Crippen LogP contribution in [0.5, 0.6) is 0 Å². The fraction of sp³-hybridized carbons (Fsp3) is 0.526. The maximum absolute atomic E-state index is 12.7. The number of carbonyl (C=O) groups is 3. The number of esters is 1. The van der Waals surface area contributed by atoms with Crippen LogP contribution in [0.2, 0.25) is 0 Å². The summed E-state index contributed by atoms with van der Waals surface area (Å²) in [5.41, 5.74) is 0.843. The van der Waals surface area contributed by atoms with E-state index >= 15 is 0 Å². The SMILES string of the molecule is CCOC(=O)C1=C(C[NH+]2CCN(C(=O)OCC)CC2)NC(=O)N[C@H]1c1ccco1. The van der Waals surface area contributed by atoms with Crippen LogP contribution >= 0.6 is 0 Å². The second kappa shape index (κ2) is 9.46. The van der Waals surface area contributed by atoms with Crippen molar-refractivity contribution in [3.8, 4) is 0 Å². The Labute approximate surface area is 168 Å². The maximum Gasteiger partial charge on any atom is 0.410 e. The molecular formula is C19H27N4O6+. The van der Waals surface area contributed by atoms with E-state index in [1.165, 1.54) is 6.26 Å². The van der Waals surface area contributed by atoms with Gasteiger partial charge in [0.15, 0.2) is 0 Å². The van der Waals surface area contributed by atoms with Gasteiger partial charge in [-0.1, -0.05) is 0 Å². The number of amides is 3. The Kier molecular flexibility index (Phi) is 6.76. The first-order chi connectivity index (χ1) is 14.0. The summed E-state index contributed by atoms with van der Waals surface area (Å²) in [6.07, 6.45) is 1.18. The first-order valence-electron chi connectivity index (χ1n) is 9.79. The summed E-state index contributed by atoms with van der Waals surface area (Å²) < 4.78 is 15.7. The third-order valence-corrected chi connectivity index (χ3v) is 4.90. The fourth-order valence-electron chi connectivity index (χ4n) is 3.52. The molecule has 1 aromatic rings. The molecule has 0 unspecified atom stereocenters. The summed E-state index contributed by atoms with van der Waals surface area (Å²) >= 11 is 0. The minimum absolute atomic E-state index is 0.222. The Bertz CT molecular complexity index is 768. The molecule has 0 saturated carbocycles. The topological polar surface area (TPSA) is 115 Å². The Morgan fingerprint density at radius 1 is 1.24 bits per heavy atom. The third kappa shape index (κ3) is 4.89. The van der Waals surface area contributed by atoms with Crippen LogP contribution in [0.1, 0.15) is 25.6 Å². The summed E-state index contributed by atoms with van der Waals surface area (Å²) in [5.74, 6) is -0.0384. The monoisotopic (exact) mass is 407 g/mol. The minimum atomic E-state index is -0.715. The van der Waals surface area contributed by atoms with Crippen LogP contribution in [-0.4, -0.2) is 68.9 Å². The highest BCUT2D eigenvalue weighted by atomic mass is 16.6. The molecule has 3 amide bonds. The van der Waals surface area contributed by atoms with Crippen LogP contribution in [0.3, 0.4) is 0 Å². The molecule has 29 heavy (non-hydrogen) atoms. The number of nitrogens with one attached hydrogen (secondary N) is 3. The Morgan fingerprint density at radius 2 is 1.97 bits per heavy atom. The Hall–Kier alpha value is -3.01. The van der Waals surface area contributed by atoms with Crippen molar-refractivity contribution in [2.24, 2.45) is 0 Å². The van der Waals surface area contributed by atoms with E-state index in [0.29, 0.717) is 56.4 Å². The van der Waals surface area contributed by atoms with E-state index in [4.69, 9.17) is 13.9 Å². The quantitative estimate of drug-likeness (QED) is 0.563. The largest absolute Gasteiger partial charge is 0.467 e. The van der Waals surface area contributed by atoms with Gasteiger partial charge in [-0.15, -0.1) is 0 Å². The average molecular weight is 407 g/mol. The zero-order valence-corrected chi connectivity index (χ0v) is 16.7. The maximum atomic E-state index is 12.7. The number of urea groups is 1. The molecule has 0 aromatic carbocycles. The number of ether oxygens (including phenoxy) is 2. The number of nitrogens with zero attached hydrogens (tertiary/aromatic N) is 1. The molecule has 158 valence electrons. The molecule has 2 aliphatic heterocycles. The van der Waals surface area contributed by atoms with Crippen molar-refractivity contribution in [3.05, 3.63) is 35.4 Å². The molecular weight excluding hydrogens is 380 g/mol. The molecule has 0 radical (unpaired) electrons. The second-order valence-electron chi connectivity index (χ2n) is 6.77. The van der Waals surface area contributed by atoms with Gasteiger partial charge < -0.3 is 29.4 Å². The molecule has 0 bridgehead atoms. The van der Waals surface area contributed by atoms with Gasteiger partial charge in [0, 0.05) is 0 Å². The van der Waals surface area contributed by atoms with Crippen LogP contribution in [0, 0.1) is 0 Å². The summed E-state index contributed by atoms with van der Waals surface area (Å²) in [6.45, 7) is 6.94. The van der Waals surface area contributed by atoms with Crippen LogP contribution in [0.25, 0.3) is 0 Å². The van der Waals surface area contributed by atoms with Crippen molar-refractivity contribution >= 4 is 18.1 Å². The molecule has 1 atom stereocenters. The molecule has 1 saturated heterocycles. The summed E-state index contributed by atoms with van der Waals surface area (Å²) in [5, 5.41) is 5.49. The van der Waals surface area contributed by atoms with E-state index in [1.54, 1.807) is 30.9 Å². The molecule has 1 aromatic heterocycles. The molecule has 0 aliphatic carbocycles. The molecule has 10 nitrogen and oxygen atoms in total. The van der Waals surface area contributed by atoms with Crippen LogP contribution in [0.15, 0.2) is 34.1 Å². The number of quaternary nitrogens is 1. The number of hydrogen-bond donors (Lipinski definition) is 3. The number of carbonyl (C=O) groups excluding carboxylic acids is 3. The summed E-state index contributed by atoms with van der Waals surface area (Å²) in [4.78, 5) is 39.6. The van der Waals surface area contributed by atoms with E-state index in [1.807, 2.05) is 0 Å². The first-order valence-corrected chi connectivity index (χ1v) is 9.79. The van der Waals surface area contributed by atoms with Crippen LogP contribution < -0.4 is 15.5 Å². The normalized spacial score (nSPS) is 20.1. The molecule has 3 rings (SSSR count). The van der Waals surface area contributed by atoms with Crippen molar-refractivity contribution in [2.45, 2.75) is 19.9 Å².